The molecule has 2 fully saturated rings. The van der Waals surface area contributed by atoms with Crippen LogP contribution in [-0.2, 0) is 24.3 Å². The van der Waals surface area contributed by atoms with Gasteiger partial charge >= 0.3 is 12.1 Å². The second-order valence-electron chi connectivity index (χ2n) is 11.8. The highest BCUT2D eigenvalue weighted by Gasteiger charge is 2.44. The number of carboxylic acid groups (broad SMARTS) is 1. The number of halogens is 3. The van der Waals surface area contributed by atoms with Gasteiger partial charge in [0.2, 0.25) is 15.9 Å². The summed E-state index contributed by atoms with van der Waals surface area (Å²) >= 11 is 0. The normalized spacial score (nSPS) is 26.0. The van der Waals surface area contributed by atoms with Crippen molar-refractivity contribution in [3.63, 3.8) is 0 Å². The molecular weight excluding hydrogens is 657 g/mol. The first-order chi connectivity index (χ1) is 22.7. The Morgan fingerprint density at radius 3 is 2.44 bits per heavy atom. The van der Waals surface area contributed by atoms with Gasteiger partial charge in [-0.1, -0.05) is 30.4 Å². The first-order valence-corrected chi connectivity index (χ1v) is 16.7. The van der Waals surface area contributed by atoms with Gasteiger partial charge in [0.25, 0.3) is 5.91 Å². The quantitative estimate of drug-likeness (QED) is 0.402. The van der Waals surface area contributed by atoms with E-state index in [1.165, 1.54) is 23.5 Å². The first kappa shape index (κ1) is 36.8. The Kier molecular flexibility index (Phi) is 11.9. The molecule has 3 aliphatic heterocycles. The third-order valence-corrected chi connectivity index (χ3v) is 10.4. The number of carbonyl (C=O) groups is 3. The molecule has 2 amide bonds. The largest absolute Gasteiger partial charge is 0.497 e. The van der Waals surface area contributed by atoms with Crippen molar-refractivity contribution in [3.05, 3.63) is 71.8 Å². The van der Waals surface area contributed by atoms with Crippen molar-refractivity contribution in [1.29, 1.82) is 0 Å². The van der Waals surface area contributed by atoms with Crippen LogP contribution in [0.5, 0.6) is 5.75 Å². The van der Waals surface area contributed by atoms with Gasteiger partial charge in [-0.25, -0.2) is 13.2 Å². The van der Waals surface area contributed by atoms with E-state index in [0.717, 1.165) is 24.3 Å². The minimum absolute atomic E-state index is 0.0547. The van der Waals surface area contributed by atoms with Crippen molar-refractivity contribution < 1.29 is 50.6 Å². The van der Waals surface area contributed by atoms with Gasteiger partial charge in [0.15, 0.2) is 0 Å². The van der Waals surface area contributed by atoms with E-state index in [0.29, 0.717) is 26.1 Å². The smallest absolute Gasteiger partial charge is 0.490 e. The number of sulfonamides is 1. The van der Waals surface area contributed by atoms with E-state index in [-0.39, 0.29) is 54.0 Å². The number of nitrogens with one attached hydrogen (secondary N) is 2. The molecule has 2 aromatic carbocycles. The van der Waals surface area contributed by atoms with E-state index in [4.69, 9.17) is 19.4 Å². The Labute approximate surface area is 276 Å². The number of carboxylic acids is 1. The lowest BCUT2D eigenvalue weighted by Gasteiger charge is -2.37. The molecule has 5 rings (SSSR count). The molecule has 12 nitrogen and oxygen atoms in total. The predicted octanol–water partition coefficient (Wildman–Crippen LogP) is 2.63. The number of likely N-dealkylation sites (N-methyl/N-ethyl adjacent to an activating group) is 1. The van der Waals surface area contributed by atoms with Crippen molar-refractivity contribution in [2.24, 2.45) is 5.41 Å². The van der Waals surface area contributed by atoms with Gasteiger partial charge in [-0.3, -0.25) is 9.59 Å². The van der Waals surface area contributed by atoms with E-state index in [2.05, 4.69) is 10.6 Å². The van der Waals surface area contributed by atoms with Crippen LogP contribution in [0.4, 0.5) is 13.2 Å². The highest BCUT2D eigenvalue weighted by atomic mass is 32.2. The molecule has 0 aliphatic carbocycles. The van der Waals surface area contributed by atoms with Gasteiger partial charge in [-0.2, -0.15) is 17.5 Å². The molecule has 0 saturated carbocycles. The Morgan fingerprint density at radius 1 is 1.10 bits per heavy atom. The van der Waals surface area contributed by atoms with Crippen LogP contribution in [0.25, 0.3) is 0 Å². The second kappa shape index (κ2) is 15.5. The van der Waals surface area contributed by atoms with Gasteiger partial charge in [0.05, 0.1) is 36.7 Å². The summed E-state index contributed by atoms with van der Waals surface area (Å²) < 4.78 is 70.8. The highest BCUT2D eigenvalue weighted by molar-refractivity contribution is 7.89. The molecule has 2 saturated heterocycles. The van der Waals surface area contributed by atoms with Crippen molar-refractivity contribution in [2.45, 2.75) is 35.9 Å². The average Bonchev–Trinajstić information content (AvgIpc) is 3.49. The van der Waals surface area contributed by atoms with Crippen LogP contribution in [0.1, 0.15) is 34.7 Å². The number of hydrogen-bond donors (Lipinski definition) is 3. The molecule has 1 unspecified atom stereocenters. The van der Waals surface area contributed by atoms with Crippen molar-refractivity contribution in [1.82, 2.24) is 19.8 Å². The fraction of sp³-hybridized carbons (Fsp3) is 0.469. The Hall–Kier alpha value is -3.99. The van der Waals surface area contributed by atoms with Crippen LogP contribution in [-0.4, -0.2) is 113 Å². The summed E-state index contributed by atoms with van der Waals surface area (Å²) in [6, 6.07) is 13.5. The van der Waals surface area contributed by atoms with Crippen LogP contribution < -0.4 is 15.4 Å². The molecule has 2 aromatic rings. The fourth-order valence-electron chi connectivity index (χ4n) is 5.84. The number of nitrogens with zero attached hydrogens (tertiary/aromatic N) is 2. The molecule has 3 atom stereocenters. The minimum atomic E-state index is -5.08. The fourth-order valence-corrected chi connectivity index (χ4v) is 7.01. The van der Waals surface area contributed by atoms with Crippen LogP contribution in [0, 0.1) is 5.41 Å². The summed E-state index contributed by atoms with van der Waals surface area (Å²) in [5.41, 5.74) is 0.527. The maximum atomic E-state index is 13.9. The minimum Gasteiger partial charge on any atom is -0.497 e. The number of hydrogen-bond acceptors (Lipinski definition) is 8. The summed E-state index contributed by atoms with van der Waals surface area (Å²) in [4.78, 5) is 38.3. The predicted molar refractivity (Wildman–Crippen MR) is 168 cm³/mol. The van der Waals surface area contributed by atoms with Crippen LogP contribution in [0.3, 0.4) is 0 Å². The van der Waals surface area contributed by atoms with Crippen LogP contribution in [0.2, 0.25) is 0 Å². The third-order valence-electron chi connectivity index (χ3n) is 8.57. The number of amides is 2. The monoisotopic (exact) mass is 696 g/mol. The number of fused-ring (bicyclic) bond motifs is 4. The van der Waals surface area contributed by atoms with Gasteiger partial charge in [-0.05, 0) is 55.3 Å². The lowest BCUT2D eigenvalue weighted by atomic mass is 9.80. The maximum absolute atomic E-state index is 13.9. The molecule has 3 aliphatic rings. The molecule has 3 heterocycles. The average molecular weight is 697 g/mol. The van der Waals surface area contributed by atoms with Crippen molar-refractivity contribution in [2.75, 3.05) is 60.1 Å². The van der Waals surface area contributed by atoms with Gasteiger partial charge in [0, 0.05) is 44.7 Å². The van der Waals surface area contributed by atoms with E-state index >= 15 is 0 Å². The molecule has 48 heavy (non-hydrogen) atoms. The van der Waals surface area contributed by atoms with Gasteiger partial charge in [0.1, 0.15) is 5.75 Å². The standard InChI is InChI=1S/C30H38N4O6S.C2HF3O2/c1-33-15-3-4-16-40-21-30(13-6-14-31-20-30)29(36)32-27-19-34(18-26(27)22-9-11-24(39-2)12-10-22)28(35)23-7-5-8-25(17-23)41(33,37)38;3-2(4,5)1(6)7/h3-5,7-12,17,26-27,31H,6,13-16,18-21H2,1-2H3,(H,32,36);(H,6,7)/b4-3+;/t26-,27+,30?;/m0./s1. The highest BCUT2D eigenvalue weighted by Crippen LogP contribution is 2.33. The van der Waals surface area contributed by atoms with E-state index < -0.39 is 27.6 Å². The topological polar surface area (TPSA) is 155 Å². The zero-order chi connectivity index (χ0) is 35.1. The molecule has 262 valence electrons. The van der Waals surface area contributed by atoms with E-state index in [1.54, 1.807) is 36.3 Å². The van der Waals surface area contributed by atoms with E-state index in [9.17, 15) is 31.2 Å². The summed E-state index contributed by atoms with van der Waals surface area (Å²) in [6.45, 7) is 2.65. The van der Waals surface area contributed by atoms with Crippen molar-refractivity contribution >= 4 is 27.8 Å². The number of benzene rings is 2. The zero-order valence-corrected chi connectivity index (χ0v) is 27.4. The summed E-state index contributed by atoms with van der Waals surface area (Å²) in [5.74, 6) is -2.56. The van der Waals surface area contributed by atoms with Crippen LogP contribution in [0.15, 0.2) is 65.6 Å². The maximum Gasteiger partial charge on any atom is 0.490 e. The number of alkyl halides is 3. The Bertz CT molecular complexity index is 1590. The lowest BCUT2D eigenvalue weighted by molar-refractivity contribution is -0.192. The molecule has 0 radical (unpaired) electrons. The molecule has 0 aromatic heterocycles. The number of ether oxygens (including phenoxy) is 2. The first-order valence-electron chi connectivity index (χ1n) is 15.2. The van der Waals surface area contributed by atoms with Crippen molar-refractivity contribution in [3.8, 4) is 5.75 Å². The molecular formula is C32H39F3N4O8S. The number of piperidine rings is 1. The Balaban J connectivity index is 0.000000671. The molecule has 3 N–H and O–H groups in total. The van der Waals surface area contributed by atoms with Crippen LogP contribution >= 0.6 is 0 Å². The summed E-state index contributed by atoms with van der Waals surface area (Å²) in [7, 11) is -0.699. The summed E-state index contributed by atoms with van der Waals surface area (Å²) in [6.07, 6.45) is -0.0485. The Morgan fingerprint density at radius 2 is 1.81 bits per heavy atom. The number of carbonyl (C=O) groups excluding carboxylic acids is 2. The van der Waals surface area contributed by atoms with Gasteiger partial charge in [-0.15, -0.1) is 0 Å². The number of aliphatic carboxylic acids is 1. The molecule has 4 bridgehead atoms. The lowest BCUT2D eigenvalue weighted by Crippen LogP contribution is -2.56. The van der Waals surface area contributed by atoms with Gasteiger partial charge < -0.3 is 30.1 Å². The molecule has 1 spiro atoms. The van der Waals surface area contributed by atoms with E-state index in [1.807, 2.05) is 24.3 Å². The summed E-state index contributed by atoms with van der Waals surface area (Å²) in [5, 5.41) is 13.8. The second-order valence-corrected chi connectivity index (χ2v) is 13.9. The molecule has 16 heteroatoms. The number of methoxy groups -OCH3 is 1. The third kappa shape index (κ3) is 8.72. The zero-order valence-electron chi connectivity index (χ0n) is 26.5. The number of rotatable bonds is 2. The SMILES string of the molecule is COc1ccc([C@@H]2CN3C[C@H]2NC(=O)C2(CCCNC2)COC/C=C/CN(C)S(=O)(=O)c2cccc(c2)C3=O)cc1.O=C(O)C(F)(F)F.